The number of nitrogens with one attached hydrogen (secondary N) is 2. The third-order valence-electron chi connectivity index (χ3n) is 5.29. The second-order valence-corrected chi connectivity index (χ2v) is 9.75. The number of imide groups is 1. The van der Waals surface area contributed by atoms with E-state index in [9.17, 15) is 19.2 Å². The third-order valence-corrected chi connectivity index (χ3v) is 6.73. The van der Waals surface area contributed by atoms with Crippen LogP contribution in [0.3, 0.4) is 0 Å². The van der Waals surface area contributed by atoms with Crippen molar-refractivity contribution in [1.82, 2.24) is 15.5 Å². The van der Waals surface area contributed by atoms with E-state index in [1.54, 1.807) is 48.5 Å². The summed E-state index contributed by atoms with van der Waals surface area (Å²) in [6, 6.07) is 11.0. The Hall–Kier alpha value is -3.51. The highest BCUT2D eigenvalue weighted by Gasteiger charge is 2.34. The molecular weight excluding hydrogens is 564 g/mol. The number of rotatable bonds is 11. The molecule has 0 unspecified atom stereocenters. The standard InChI is InChI=1S/C25H27BrN4O6S/c1-3-36-19-9-4-15(12-20(19)35-2)13-21-23(32)30(25(34)37-21)11-10-28-22(31)14-18(29-24(27)33)16-5-7-17(26)8-6-16/h4-9,12-13,18H,3,10-11,14H2,1-2H3,(H,28,31)(H3,27,29,33)/b21-13+/t18-/m0/s1. The number of halogens is 1. The average molecular weight is 591 g/mol. The zero-order chi connectivity index (χ0) is 26.9. The number of nitrogens with zero attached hydrogens (tertiary/aromatic N) is 1. The third kappa shape index (κ3) is 7.73. The molecule has 2 aromatic carbocycles. The van der Waals surface area contributed by atoms with Gasteiger partial charge in [0.25, 0.3) is 11.1 Å². The van der Waals surface area contributed by atoms with Gasteiger partial charge in [-0.1, -0.05) is 34.1 Å². The number of primary amides is 1. The van der Waals surface area contributed by atoms with E-state index < -0.39 is 23.2 Å². The molecule has 1 aliphatic rings. The Balaban J connectivity index is 1.58. The van der Waals surface area contributed by atoms with Crippen LogP contribution in [0.25, 0.3) is 6.08 Å². The smallest absolute Gasteiger partial charge is 0.312 e. The summed E-state index contributed by atoms with van der Waals surface area (Å²) in [4.78, 5) is 50.5. The van der Waals surface area contributed by atoms with Crippen LogP contribution in [0.15, 0.2) is 51.8 Å². The summed E-state index contributed by atoms with van der Waals surface area (Å²) >= 11 is 4.17. The normalized spacial score (nSPS) is 15.0. The second kappa shape index (κ2) is 13.2. The first-order valence-electron chi connectivity index (χ1n) is 11.4. The first-order valence-corrected chi connectivity index (χ1v) is 13.0. The fraction of sp³-hybridized carbons (Fsp3) is 0.280. The number of carbonyl (C=O) groups is 4. The lowest BCUT2D eigenvalue weighted by Gasteiger charge is -2.18. The number of urea groups is 1. The molecule has 4 N–H and O–H groups in total. The van der Waals surface area contributed by atoms with Crippen LogP contribution >= 0.6 is 27.7 Å². The van der Waals surface area contributed by atoms with Gasteiger partial charge in [0.2, 0.25) is 5.91 Å². The Labute approximate surface area is 227 Å². The van der Waals surface area contributed by atoms with Gasteiger partial charge < -0.3 is 25.8 Å². The first-order chi connectivity index (χ1) is 17.7. The predicted molar refractivity (Wildman–Crippen MR) is 144 cm³/mol. The van der Waals surface area contributed by atoms with E-state index >= 15 is 0 Å². The molecule has 196 valence electrons. The monoisotopic (exact) mass is 590 g/mol. The van der Waals surface area contributed by atoms with E-state index in [2.05, 4.69) is 26.6 Å². The van der Waals surface area contributed by atoms with Gasteiger partial charge >= 0.3 is 6.03 Å². The molecule has 0 radical (unpaired) electrons. The van der Waals surface area contributed by atoms with E-state index in [-0.39, 0.29) is 30.3 Å². The molecule has 10 nitrogen and oxygen atoms in total. The van der Waals surface area contributed by atoms with Crippen LogP contribution in [0.2, 0.25) is 0 Å². The van der Waals surface area contributed by atoms with Gasteiger partial charge in [-0.3, -0.25) is 19.3 Å². The van der Waals surface area contributed by atoms with Gasteiger partial charge in [0, 0.05) is 17.6 Å². The van der Waals surface area contributed by atoms with Gasteiger partial charge in [0.05, 0.1) is 31.1 Å². The molecule has 1 fully saturated rings. The van der Waals surface area contributed by atoms with Crippen LogP contribution in [0.5, 0.6) is 11.5 Å². The Kier molecular flexibility index (Phi) is 9.98. The van der Waals surface area contributed by atoms with Gasteiger partial charge in [-0.25, -0.2) is 4.79 Å². The summed E-state index contributed by atoms with van der Waals surface area (Å²) in [5.41, 5.74) is 6.65. The maximum Gasteiger partial charge on any atom is 0.312 e. The molecule has 1 saturated heterocycles. The maximum atomic E-state index is 12.8. The molecule has 5 amide bonds. The second-order valence-electron chi connectivity index (χ2n) is 7.84. The number of hydrogen-bond acceptors (Lipinski definition) is 7. The van der Waals surface area contributed by atoms with Crippen LogP contribution in [-0.4, -0.2) is 54.8 Å². The summed E-state index contributed by atoms with van der Waals surface area (Å²) in [5.74, 6) is 0.287. The molecule has 2 aromatic rings. The maximum absolute atomic E-state index is 12.8. The molecule has 1 aliphatic heterocycles. The van der Waals surface area contributed by atoms with E-state index in [4.69, 9.17) is 15.2 Å². The van der Waals surface area contributed by atoms with Crippen molar-refractivity contribution >= 4 is 56.9 Å². The number of methoxy groups -OCH3 is 1. The van der Waals surface area contributed by atoms with Gasteiger partial charge in [0.15, 0.2) is 11.5 Å². The van der Waals surface area contributed by atoms with Crippen molar-refractivity contribution in [3.8, 4) is 11.5 Å². The highest BCUT2D eigenvalue weighted by molar-refractivity contribution is 9.10. The molecule has 37 heavy (non-hydrogen) atoms. The van der Waals surface area contributed by atoms with Crippen molar-refractivity contribution in [3.05, 3.63) is 63.0 Å². The lowest BCUT2D eigenvalue weighted by atomic mass is 10.0. The number of hydrogen-bond donors (Lipinski definition) is 3. The Morgan fingerprint density at radius 2 is 1.89 bits per heavy atom. The van der Waals surface area contributed by atoms with E-state index in [1.807, 2.05) is 6.92 Å². The summed E-state index contributed by atoms with van der Waals surface area (Å²) in [7, 11) is 1.52. The van der Waals surface area contributed by atoms with E-state index in [0.29, 0.717) is 29.2 Å². The van der Waals surface area contributed by atoms with Crippen LogP contribution < -0.4 is 25.8 Å². The highest BCUT2D eigenvalue weighted by atomic mass is 79.9. The predicted octanol–water partition coefficient (Wildman–Crippen LogP) is 3.81. The van der Waals surface area contributed by atoms with Gasteiger partial charge in [-0.05, 0) is 60.2 Å². The number of amides is 5. The van der Waals surface area contributed by atoms with Crippen molar-refractivity contribution in [2.24, 2.45) is 5.73 Å². The van der Waals surface area contributed by atoms with Crippen molar-refractivity contribution in [3.63, 3.8) is 0 Å². The fourth-order valence-corrected chi connectivity index (χ4v) is 4.71. The minimum Gasteiger partial charge on any atom is -0.493 e. The minimum atomic E-state index is -0.754. The SMILES string of the molecule is CCOc1ccc(/C=C2/SC(=O)N(CCNC(=O)C[C@H](NC(N)=O)c3ccc(Br)cc3)C2=O)cc1OC. The first kappa shape index (κ1) is 28.1. The summed E-state index contributed by atoms with van der Waals surface area (Å²) < 4.78 is 11.7. The van der Waals surface area contributed by atoms with Crippen LogP contribution in [0, 0.1) is 0 Å². The molecule has 1 atom stereocenters. The summed E-state index contributed by atoms with van der Waals surface area (Å²) in [6.45, 7) is 2.42. The fourth-order valence-electron chi connectivity index (χ4n) is 3.58. The zero-order valence-electron chi connectivity index (χ0n) is 20.3. The van der Waals surface area contributed by atoms with Gasteiger partial charge in [-0.2, -0.15) is 0 Å². The molecule has 0 aliphatic carbocycles. The molecule has 12 heteroatoms. The largest absolute Gasteiger partial charge is 0.493 e. The molecule has 0 saturated carbocycles. The van der Waals surface area contributed by atoms with Crippen molar-refractivity contribution < 1.29 is 28.7 Å². The molecular formula is C25H27BrN4O6S. The van der Waals surface area contributed by atoms with Crippen molar-refractivity contribution in [2.45, 2.75) is 19.4 Å². The quantitative estimate of drug-likeness (QED) is 0.338. The summed E-state index contributed by atoms with van der Waals surface area (Å²) in [6.07, 6.45) is 1.55. The summed E-state index contributed by atoms with van der Waals surface area (Å²) in [5, 5.41) is 4.82. The van der Waals surface area contributed by atoms with Gasteiger partial charge in [-0.15, -0.1) is 0 Å². The van der Waals surface area contributed by atoms with E-state index in [1.165, 1.54) is 7.11 Å². The topological polar surface area (TPSA) is 140 Å². The Morgan fingerprint density at radius 1 is 1.16 bits per heavy atom. The number of thioether (sulfide) groups is 1. The Morgan fingerprint density at radius 3 is 2.54 bits per heavy atom. The van der Waals surface area contributed by atoms with Gasteiger partial charge in [0.1, 0.15) is 0 Å². The van der Waals surface area contributed by atoms with Crippen LogP contribution in [0.1, 0.15) is 30.5 Å². The van der Waals surface area contributed by atoms with Crippen LogP contribution in [-0.2, 0) is 9.59 Å². The molecule has 0 spiro atoms. The Bertz CT molecular complexity index is 1200. The lowest BCUT2D eigenvalue weighted by molar-refractivity contribution is -0.124. The number of ether oxygens (including phenoxy) is 2. The number of nitrogens with two attached hydrogens (primary N) is 1. The lowest BCUT2D eigenvalue weighted by Crippen LogP contribution is -2.40. The van der Waals surface area contributed by atoms with Crippen molar-refractivity contribution in [2.75, 3.05) is 26.8 Å². The number of carbonyl (C=O) groups excluding carboxylic acids is 4. The van der Waals surface area contributed by atoms with Crippen molar-refractivity contribution in [1.29, 1.82) is 0 Å². The molecule has 1 heterocycles. The highest BCUT2D eigenvalue weighted by Crippen LogP contribution is 2.34. The number of benzene rings is 2. The molecule has 0 aromatic heterocycles. The van der Waals surface area contributed by atoms with E-state index in [0.717, 1.165) is 21.1 Å². The average Bonchev–Trinajstić information content (AvgIpc) is 3.12. The zero-order valence-corrected chi connectivity index (χ0v) is 22.7. The molecule has 3 rings (SSSR count). The molecule has 0 bridgehead atoms. The van der Waals surface area contributed by atoms with Crippen LogP contribution in [0.4, 0.5) is 9.59 Å². The minimum absolute atomic E-state index is 0.00649.